The van der Waals surface area contributed by atoms with Gasteiger partial charge in [0.15, 0.2) is 12.4 Å². The number of nitro benzene ring substituents is 1. The van der Waals surface area contributed by atoms with Crippen molar-refractivity contribution in [1.82, 2.24) is 5.43 Å². The molecule has 26 heavy (non-hydrogen) atoms. The quantitative estimate of drug-likeness (QED) is 0.466. The highest BCUT2D eigenvalue weighted by molar-refractivity contribution is 5.84. The molecule has 0 heterocycles. The summed E-state index contributed by atoms with van der Waals surface area (Å²) in [5.74, 6) is 0.346. The van der Waals surface area contributed by atoms with Crippen LogP contribution in [0.4, 0.5) is 5.69 Å². The molecule has 8 nitrogen and oxygen atoms in total. The van der Waals surface area contributed by atoms with E-state index in [2.05, 4.69) is 10.5 Å². The zero-order chi connectivity index (χ0) is 19.1. The van der Waals surface area contributed by atoms with E-state index in [0.717, 1.165) is 11.1 Å². The van der Waals surface area contributed by atoms with Crippen LogP contribution in [0.2, 0.25) is 0 Å². The zero-order valence-electron chi connectivity index (χ0n) is 14.7. The number of carbonyl (C=O) groups excluding carboxylic acids is 1. The summed E-state index contributed by atoms with van der Waals surface area (Å²) in [4.78, 5) is 22.2. The van der Waals surface area contributed by atoms with E-state index in [1.807, 2.05) is 26.0 Å². The first-order valence-corrected chi connectivity index (χ1v) is 7.75. The van der Waals surface area contributed by atoms with Gasteiger partial charge in [0.1, 0.15) is 5.75 Å². The predicted molar refractivity (Wildman–Crippen MR) is 96.8 cm³/mol. The van der Waals surface area contributed by atoms with Crippen molar-refractivity contribution in [2.75, 3.05) is 13.7 Å². The summed E-state index contributed by atoms with van der Waals surface area (Å²) in [7, 11) is 1.35. The van der Waals surface area contributed by atoms with Gasteiger partial charge < -0.3 is 9.47 Å². The van der Waals surface area contributed by atoms with Gasteiger partial charge in [0.25, 0.3) is 5.91 Å². The number of nitrogens with one attached hydrogen (secondary N) is 1. The summed E-state index contributed by atoms with van der Waals surface area (Å²) in [5.41, 5.74) is 4.63. The van der Waals surface area contributed by atoms with Crippen molar-refractivity contribution in [2.24, 2.45) is 5.10 Å². The van der Waals surface area contributed by atoms with Gasteiger partial charge in [-0.2, -0.15) is 5.10 Å². The van der Waals surface area contributed by atoms with Crippen LogP contribution in [-0.2, 0) is 4.79 Å². The number of hydrogen-bond donors (Lipinski definition) is 1. The molecule has 0 bridgehead atoms. The second-order valence-corrected chi connectivity index (χ2v) is 5.47. The van der Waals surface area contributed by atoms with Gasteiger partial charge in [-0.1, -0.05) is 12.1 Å². The van der Waals surface area contributed by atoms with E-state index in [1.54, 1.807) is 12.1 Å². The first-order chi connectivity index (χ1) is 12.4. The van der Waals surface area contributed by atoms with Crippen LogP contribution >= 0.6 is 0 Å². The standard InChI is InChI=1S/C18H19N3O5/c1-12-5-4-6-16(13(12)2)26-11-18(22)20-19-10-14-7-8-17(25-3)15(9-14)21(23)24/h4-10H,11H2,1-3H3,(H,20,22)/b19-10+. The highest BCUT2D eigenvalue weighted by Crippen LogP contribution is 2.26. The molecule has 136 valence electrons. The van der Waals surface area contributed by atoms with Crippen LogP contribution < -0.4 is 14.9 Å². The molecule has 0 aliphatic rings. The number of carbonyl (C=O) groups is 1. The lowest BCUT2D eigenvalue weighted by molar-refractivity contribution is -0.385. The maximum atomic E-state index is 11.8. The number of hydrazone groups is 1. The molecule has 0 saturated carbocycles. The van der Waals surface area contributed by atoms with E-state index < -0.39 is 10.8 Å². The lowest BCUT2D eigenvalue weighted by Gasteiger charge is -2.09. The molecule has 8 heteroatoms. The molecular formula is C18H19N3O5. The van der Waals surface area contributed by atoms with Gasteiger partial charge in [0.05, 0.1) is 18.2 Å². The summed E-state index contributed by atoms with van der Waals surface area (Å²) in [6.07, 6.45) is 1.31. The summed E-state index contributed by atoms with van der Waals surface area (Å²) in [5, 5.41) is 14.8. The summed E-state index contributed by atoms with van der Waals surface area (Å²) in [6, 6.07) is 9.96. The Hall–Kier alpha value is -3.42. The number of benzene rings is 2. The van der Waals surface area contributed by atoms with Crippen LogP contribution in [0.5, 0.6) is 11.5 Å². The Labute approximate surface area is 150 Å². The minimum atomic E-state index is -0.549. The highest BCUT2D eigenvalue weighted by atomic mass is 16.6. The van der Waals surface area contributed by atoms with E-state index in [-0.39, 0.29) is 18.0 Å². The van der Waals surface area contributed by atoms with E-state index in [0.29, 0.717) is 11.3 Å². The molecule has 0 spiro atoms. The second kappa shape index (κ2) is 8.61. The number of ether oxygens (including phenoxy) is 2. The molecule has 2 aromatic carbocycles. The van der Waals surface area contributed by atoms with Gasteiger partial charge in [-0.25, -0.2) is 5.43 Å². The van der Waals surface area contributed by atoms with Gasteiger partial charge in [0, 0.05) is 11.6 Å². The van der Waals surface area contributed by atoms with Gasteiger partial charge in [-0.3, -0.25) is 14.9 Å². The fourth-order valence-electron chi connectivity index (χ4n) is 2.16. The predicted octanol–water partition coefficient (Wildman–Crippen LogP) is 2.75. The van der Waals surface area contributed by atoms with E-state index in [9.17, 15) is 14.9 Å². The van der Waals surface area contributed by atoms with Crippen LogP contribution in [0.3, 0.4) is 0 Å². The maximum absolute atomic E-state index is 11.8. The molecule has 0 aliphatic heterocycles. The minimum absolute atomic E-state index is 0.151. The summed E-state index contributed by atoms with van der Waals surface area (Å²) in [6.45, 7) is 3.68. The van der Waals surface area contributed by atoms with Crippen molar-refractivity contribution in [1.29, 1.82) is 0 Å². The Bertz CT molecular complexity index is 849. The fourth-order valence-corrected chi connectivity index (χ4v) is 2.16. The molecule has 2 aromatic rings. The van der Waals surface area contributed by atoms with Gasteiger partial charge in [-0.05, 0) is 43.2 Å². The largest absolute Gasteiger partial charge is 0.490 e. The van der Waals surface area contributed by atoms with Crippen LogP contribution in [0.15, 0.2) is 41.5 Å². The van der Waals surface area contributed by atoms with Gasteiger partial charge in [0.2, 0.25) is 0 Å². The number of nitro groups is 1. The molecule has 0 fully saturated rings. The molecule has 0 aliphatic carbocycles. The molecule has 0 unspecified atom stereocenters. The zero-order valence-corrected chi connectivity index (χ0v) is 14.7. The van der Waals surface area contributed by atoms with Crippen molar-refractivity contribution >= 4 is 17.8 Å². The van der Waals surface area contributed by atoms with Crippen molar-refractivity contribution in [3.63, 3.8) is 0 Å². The van der Waals surface area contributed by atoms with E-state index in [1.165, 1.54) is 25.5 Å². The molecule has 2 rings (SSSR count). The fraction of sp³-hybridized carbons (Fsp3) is 0.222. The Balaban J connectivity index is 1.93. The third-order valence-corrected chi connectivity index (χ3v) is 3.72. The van der Waals surface area contributed by atoms with Gasteiger partial charge >= 0.3 is 5.69 Å². The number of amides is 1. The summed E-state index contributed by atoms with van der Waals surface area (Å²) >= 11 is 0. The Morgan fingerprint density at radius 3 is 2.73 bits per heavy atom. The lowest BCUT2D eigenvalue weighted by atomic mass is 10.1. The molecule has 0 saturated heterocycles. The van der Waals surface area contributed by atoms with Gasteiger partial charge in [-0.15, -0.1) is 0 Å². The van der Waals surface area contributed by atoms with Crippen molar-refractivity contribution in [2.45, 2.75) is 13.8 Å². The monoisotopic (exact) mass is 357 g/mol. The first-order valence-electron chi connectivity index (χ1n) is 7.75. The maximum Gasteiger partial charge on any atom is 0.311 e. The second-order valence-electron chi connectivity index (χ2n) is 5.47. The molecule has 0 aromatic heterocycles. The number of aryl methyl sites for hydroxylation is 1. The van der Waals surface area contributed by atoms with Crippen LogP contribution in [0.25, 0.3) is 0 Å². The average molecular weight is 357 g/mol. The summed E-state index contributed by atoms with van der Waals surface area (Å²) < 4.78 is 10.4. The smallest absolute Gasteiger partial charge is 0.311 e. The average Bonchev–Trinajstić information content (AvgIpc) is 2.62. The topological polar surface area (TPSA) is 103 Å². The minimum Gasteiger partial charge on any atom is -0.490 e. The molecule has 1 N–H and O–H groups in total. The number of rotatable bonds is 7. The molecular weight excluding hydrogens is 338 g/mol. The first kappa shape index (κ1) is 18.9. The van der Waals surface area contributed by atoms with E-state index >= 15 is 0 Å². The Morgan fingerprint density at radius 2 is 2.04 bits per heavy atom. The molecule has 0 radical (unpaired) electrons. The lowest BCUT2D eigenvalue weighted by Crippen LogP contribution is -2.24. The SMILES string of the molecule is COc1ccc(/C=N/NC(=O)COc2cccc(C)c2C)cc1[N+](=O)[O-]. The normalized spacial score (nSPS) is 10.6. The Kier molecular flexibility index (Phi) is 6.26. The van der Waals surface area contributed by atoms with Crippen LogP contribution in [0.1, 0.15) is 16.7 Å². The highest BCUT2D eigenvalue weighted by Gasteiger charge is 2.14. The number of methoxy groups -OCH3 is 1. The van der Waals surface area contributed by atoms with Crippen molar-refractivity contribution in [3.05, 3.63) is 63.2 Å². The number of hydrogen-bond acceptors (Lipinski definition) is 6. The Morgan fingerprint density at radius 1 is 1.27 bits per heavy atom. The van der Waals surface area contributed by atoms with Crippen molar-refractivity contribution < 1.29 is 19.2 Å². The molecule has 1 amide bonds. The number of nitrogens with zero attached hydrogens (tertiary/aromatic N) is 2. The molecule has 0 atom stereocenters. The third-order valence-electron chi connectivity index (χ3n) is 3.72. The van der Waals surface area contributed by atoms with E-state index in [4.69, 9.17) is 9.47 Å². The van der Waals surface area contributed by atoms with Crippen LogP contribution in [0, 0.1) is 24.0 Å². The van der Waals surface area contributed by atoms with Crippen LogP contribution in [-0.4, -0.2) is 30.8 Å². The van der Waals surface area contributed by atoms with Crippen molar-refractivity contribution in [3.8, 4) is 11.5 Å². The third kappa shape index (κ3) is 4.79.